The third kappa shape index (κ3) is 8.32. The van der Waals surface area contributed by atoms with Crippen LogP contribution < -0.4 is 0 Å². The van der Waals surface area contributed by atoms with Crippen molar-refractivity contribution >= 4 is 0 Å². The fraction of sp³-hybridized carbons (Fsp3) is 0.600. The Morgan fingerprint density at radius 3 is 2.56 bits per heavy atom. The highest BCUT2D eigenvalue weighted by Crippen LogP contribution is 2.16. The lowest BCUT2D eigenvalue weighted by atomic mass is 9.98. The van der Waals surface area contributed by atoms with Crippen molar-refractivity contribution in [2.45, 2.75) is 58.5 Å². The number of rotatable bonds is 7. The molecule has 0 spiro atoms. The van der Waals surface area contributed by atoms with Gasteiger partial charge in [0.25, 0.3) is 0 Å². The van der Waals surface area contributed by atoms with Gasteiger partial charge < -0.3 is 5.11 Å². The van der Waals surface area contributed by atoms with Crippen molar-refractivity contribution in [1.29, 1.82) is 0 Å². The summed E-state index contributed by atoms with van der Waals surface area (Å²) in [6.45, 7) is 9.74. The minimum absolute atomic E-state index is 0.662. The lowest BCUT2D eigenvalue weighted by Crippen LogP contribution is -2.20. The van der Waals surface area contributed by atoms with Gasteiger partial charge in [0.05, 0.1) is 0 Å². The standard InChI is InChI=1S/C15H24O/c1-6-15(5,16)12-8-11-14(4)10-7-9-13(2)3/h1,10,16H,2,7-9,11-12H2,3-5H3/b14-10+. The summed E-state index contributed by atoms with van der Waals surface area (Å²) in [4.78, 5) is 0. The maximum atomic E-state index is 9.62. The van der Waals surface area contributed by atoms with Crippen LogP contribution in [0.3, 0.4) is 0 Å². The molecule has 0 aliphatic rings. The molecule has 0 aromatic carbocycles. The summed E-state index contributed by atoms with van der Waals surface area (Å²) in [6.07, 6.45) is 12.2. The molecule has 0 saturated heterocycles. The highest BCUT2D eigenvalue weighted by molar-refractivity contribution is 5.05. The zero-order valence-corrected chi connectivity index (χ0v) is 10.8. The van der Waals surface area contributed by atoms with E-state index in [9.17, 15) is 5.11 Å². The highest BCUT2D eigenvalue weighted by Gasteiger charge is 2.14. The Hall–Kier alpha value is -1.00. The molecule has 0 aliphatic heterocycles. The molecule has 1 atom stereocenters. The van der Waals surface area contributed by atoms with Crippen molar-refractivity contribution in [3.05, 3.63) is 23.8 Å². The first-order chi connectivity index (χ1) is 7.37. The van der Waals surface area contributed by atoms with Gasteiger partial charge in [0.15, 0.2) is 0 Å². The minimum atomic E-state index is -0.946. The number of allylic oxidation sites excluding steroid dienone is 3. The van der Waals surface area contributed by atoms with Crippen molar-refractivity contribution in [3.8, 4) is 12.3 Å². The van der Waals surface area contributed by atoms with E-state index in [2.05, 4.69) is 25.5 Å². The molecule has 16 heavy (non-hydrogen) atoms. The van der Waals surface area contributed by atoms with E-state index in [0.29, 0.717) is 6.42 Å². The van der Waals surface area contributed by atoms with Gasteiger partial charge >= 0.3 is 0 Å². The maximum Gasteiger partial charge on any atom is 0.122 e. The van der Waals surface area contributed by atoms with Gasteiger partial charge in [0, 0.05) is 0 Å². The van der Waals surface area contributed by atoms with E-state index in [1.54, 1.807) is 6.92 Å². The lowest BCUT2D eigenvalue weighted by molar-refractivity contribution is 0.110. The third-order valence-corrected chi connectivity index (χ3v) is 2.61. The van der Waals surface area contributed by atoms with E-state index in [-0.39, 0.29) is 0 Å². The van der Waals surface area contributed by atoms with Crippen LogP contribution in [-0.4, -0.2) is 10.7 Å². The Morgan fingerprint density at radius 2 is 2.06 bits per heavy atom. The van der Waals surface area contributed by atoms with Gasteiger partial charge in [0.2, 0.25) is 0 Å². The topological polar surface area (TPSA) is 20.2 Å². The van der Waals surface area contributed by atoms with E-state index in [4.69, 9.17) is 6.42 Å². The van der Waals surface area contributed by atoms with Crippen LogP contribution in [0.25, 0.3) is 0 Å². The van der Waals surface area contributed by atoms with Crippen molar-refractivity contribution in [2.24, 2.45) is 0 Å². The summed E-state index contributed by atoms with van der Waals surface area (Å²) >= 11 is 0. The molecule has 0 radical (unpaired) electrons. The summed E-state index contributed by atoms with van der Waals surface area (Å²) in [7, 11) is 0. The summed E-state index contributed by atoms with van der Waals surface area (Å²) in [6, 6.07) is 0. The zero-order chi connectivity index (χ0) is 12.6. The van der Waals surface area contributed by atoms with Gasteiger partial charge in [0.1, 0.15) is 5.60 Å². The van der Waals surface area contributed by atoms with Crippen LogP contribution in [0.2, 0.25) is 0 Å². The first kappa shape index (κ1) is 15.0. The second kappa shape index (κ2) is 7.30. The van der Waals surface area contributed by atoms with Crippen LogP contribution in [0.4, 0.5) is 0 Å². The molecule has 1 N–H and O–H groups in total. The smallest absolute Gasteiger partial charge is 0.122 e. The number of aliphatic hydroxyl groups is 1. The third-order valence-electron chi connectivity index (χ3n) is 2.61. The zero-order valence-electron chi connectivity index (χ0n) is 10.8. The van der Waals surface area contributed by atoms with E-state index >= 15 is 0 Å². The molecule has 1 unspecified atom stereocenters. The Labute approximate surface area is 100 Å². The Morgan fingerprint density at radius 1 is 1.44 bits per heavy atom. The molecule has 0 aromatic heterocycles. The molecule has 90 valence electrons. The van der Waals surface area contributed by atoms with Crippen LogP contribution in [-0.2, 0) is 0 Å². The second-order valence-corrected chi connectivity index (χ2v) is 4.82. The number of terminal acetylenes is 1. The maximum absolute atomic E-state index is 9.62. The van der Waals surface area contributed by atoms with Gasteiger partial charge in [-0.15, -0.1) is 13.0 Å². The first-order valence-corrected chi connectivity index (χ1v) is 5.87. The summed E-state index contributed by atoms with van der Waals surface area (Å²) in [5.41, 5.74) is 1.64. The van der Waals surface area contributed by atoms with Crippen LogP contribution in [0.15, 0.2) is 23.8 Å². The molecule has 0 aliphatic carbocycles. The SMILES string of the molecule is C#CC(C)(O)CCC/C(C)=C/CCC(=C)C. The predicted molar refractivity (Wildman–Crippen MR) is 71.1 cm³/mol. The van der Waals surface area contributed by atoms with Crippen LogP contribution in [0.5, 0.6) is 0 Å². The van der Waals surface area contributed by atoms with Gasteiger partial charge in [-0.25, -0.2) is 0 Å². The van der Waals surface area contributed by atoms with Crippen LogP contribution in [0.1, 0.15) is 52.9 Å². The van der Waals surface area contributed by atoms with E-state index < -0.39 is 5.60 Å². The Kier molecular flexibility index (Phi) is 6.85. The van der Waals surface area contributed by atoms with Gasteiger partial charge in [-0.2, -0.15) is 0 Å². The Balaban J connectivity index is 3.77. The van der Waals surface area contributed by atoms with Crippen molar-refractivity contribution in [1.82, 2.24) is 0 Å². The quantitative estimate of drug-likeness (QED) is 0.510. The molecular weight excluding hydrogens is 196 g/mol. The monoisotopic (exact) mass is 220 g/mol. The minimum Gasteiger partial charge on any atom is -0.378 e. The molecule has 0 aromatic rings. The van der Waals surface area contributed by atoms with Crippen molar-refractivity contribution in [2.75, 3.05) is 0 Å². The van der Waals surface area contributed by atoms with Crippen LogP contribution >= 0.6 is 0 Å². The van der Waals surface area contributed by atoms with Gasteiger partial charge in [-0.05, 0) is 52.9 Å². The molecule has 0 saturated carbocycles. The summed E-state index contributed by atoms with van der Waals surface area (Å²) in [5.74, 6) is 2.40. The predicted octanol–water partition coefficient (Wildman–Crippen LogP) is 3.84. The second-order valence-electron chi connectivity index (χ2n) is 4.82. The summed E-state index contributed by atoms with van der Waals surface area (Å²) in [5, 5.41) is 9.62. The highest BCUT2D eigenvalue weighted by atomic mass is 16.3. The molecule has 0 heterocycles. The normalized spacial score (nSPS) is 15.3. The van der Waals surface area contributed by atoms with E-state index in [1.807, 2.05) is 6.92 Å². The average Bonchev–Trinajstić information content (AvgIpc) is 2.17. The van der Waals surface area contributed by atoms with Gasteiger partial charge in [-0.1, -0.05) is 23.1 Å². The van der Waals surface area contributed by atoms with Crippen molar-refractivity contribution < 1.29 is 5.11 Å². The Bertz CT molecular complexity index is 289. The number of hydrogen-bond acceptors (Lipinski definition) is 1. The number of hydrogen-bond donors (Lipinski definition) is 1. The van der Waals surface area contributed by atoms with E-state index in [0.717, 1.165) is 25.7 Å². The molecule has 0 rings (SSSR count). The molecule has 0 bridgehead atoms. The summed E-state index contributed by atoms with van der Waals surface area (Å²) < 4.78 is 0. The largest absolute Gasteiger partial charge is 0.378 e. The van der Waals surface area contributed by atoms with Crippen LogP contribution in [0, 0.1) is 12.3 Å². The molecule has 0 fully saturated rings. The average molecular weight is 220 g/mol. The fourth-order valence-corrected chi connectivity index (χ4v) is 1.45. The first-order valence-electron chi connectivity index (χ1n) is 5.87. The van der Waals surface area contributed by atoms with Gasteiger partial charge in [-0.3, -0.25) is 0 Å². The molecule has 1 heteroatoms. The van der Waals surface area contributed by atoms with E-state index in [1.165, 1.54) is 11.1 Å². The molecule has 1 nitrogen and oxygen atoms in total. The lowest BCUT2D eigenvalue weighted by Gasteiger charge is -2.15. The van der Waals surface area contributed by atoms with Crippen molar-refractivity contribution in [3.63, 3.8) is 0 Å². The molecule has 0 amide bonds. The fourth-order valence-electron chi connectivity index (χ4n) is 1.45. The molecular formula is C15H24O.